The maximum atomic E-state index is 6.60. The first kappa shape index (κ1) is 52.6. The average molecular weight is 1060 g/mol. The van der Waals surface area contributed by atoms with Gasteiger partial charge in [-0.3, -0.25) is 0 Å². The topological polar surface area (TPSA) is 131 Å². The minimum absolute atomic E-state index is 0.113. The summed E-state index contributed by atoms with van der Waals surface area (Å²) in [6.45, 7) is 21.5. The molecule has 6 aromatic rings. The Morgan fingerprint density at radius 3 is 0.987 bits per heavy atom. The van der Waals surface area contributed by atoms with Crippen LogP contribution in [0.4, 0.5) is 0 Å². The van der Waals surface area contributed by atoms with Crippen LogP contribution in [0, 0.1) is 0 Å². The summed E-state index contributed by atoms with van der Waals surface area (Å²) in [6.07, 6.45) is 3.00. The minimum Gasteiger partial charge on any atom is -0.491 e. The Kier molecular flexibility index (Phi) is 15.0. The highest BCUT2D eigenvalue weighted by Gasteiger charge is 2.34. The number of hydrogen-bond donors (Lipinski definition) is 0. The first-order chi connectivity index (χ1) is 37.8. The third-order valence-corrected chi connectivity index (χ3v) is 16.3. The summed E-state index contributed by atoms with van der Waals surface area (Å²) in [7, 11) is 0. The lowest BCUT2D eigenvalue weighted by Gasteiger charge is -2.32. The Bertz CT molecular complexity index is 3030. The number of epoxide rings is 6. The minimum atomic E-state index is -0.455. The van der Waals surface area contributed by atoms with Gasteiger partial charge in [-0.05, 0) is 136 Å². The molecule has 0 N–H and O–H groups in total. The van der Waals surface area contributed by atoms with Crippen LogP contribution in [0.15, 0.2) is 121 Å². The molecule has 6 atom stereocenters. The fraction of sp³-hybridized carbons (Fsp3) is 0.455. The zero-order chi connectivity index (χ0) is 53.4. The number of rotatable bonds is 29. The summed E-state index contributed by atoms with van der Waals surface area (Å²) in [6, 6.07) is 43.6. The molecule has 0 amide bonds. The highest BCUT2D eigenvalue weighted by Crippen LogP contribution is 2.43. The molecule has 6 fully saturated rings. The van der Waals surface area contributed by atoms with Crippen LogP contribution in [0.2, 0.25) is 0 Å². The lowest BCUT2D eigenvalue weighted by Crippen LogP contribution is -2.24. The molecule has 6 aromatic carbocycles. The Hall–Kier alpha value is -6.12. The largest absolute Gasteiger partial charge is 0.491 e. The van der Waals surface area contributed by atoms with E-state index in [0.717, 1.165) is 98.1 Å². The van der Waals surface area contributed by atoms with E-state index in [1.165, 1.54) is 44.5 Å². The van der Waals surface area contributed by atoms with Crippen LogP contribution >= 0.6 is 0 Å². The van der Waals surface area contributed by atoms with Gasteiger partial charge in [-0.15, -0.1) is 0 Å². The Balaban J connectivity index is 0.861. The van der Waals surface area contributed by atoms with Gasteiger partial charge in [0, 0.05) is 16.2 Å². The average Bonchev–Trinajstić information content (AvgIpc) is 4.25. The standard InChI is InChI=1S/C66H74O12/c1-64(2,46-9-15-50(16-10-46)67-30-54-34-71-54)48-13-23-62(77-40-58-38-75-58)42(26-48)7-8-43-27-49(14-24-63(43)78-41-59-39-76-59)66(5,6)61-22-20-53(70-33-57-37-74-57)29-45(61)25-44-28-52(69-32-56-36-73-56)19-21-60(44)65(3,4)47-11-17-51(18-12-47)68-31-55-35-72-55/h9-24,26-29,54-59H,7-8,25,30-41H2,1-6H3. The fourth-order valence-electron chi connectivity index (χ4n) is 10.4. The number of ether oxygens (including phenoxy) is 12. The van der Waals surface area contributed by atoms with Gasteiger partial charge in [0.2, 0.25) is 0 Å². The number of aryl methyl sites for hydroxylation is 2. The zero-order valence-corrected chi connectivity index (χ0v) is 46.0. The van der Waals surface area contributed by atoms with Gasteiger partial charge in [-0.1, -0.05) is 102 Å². The van der Waals surface area contributed by atoms with Crippen molar-refractivity contribution in [3.05, 3.63) is 177 Å². The van der Waals surface area contributed by atoms with Gasteiger partial charge in [0.15, 0.2) is 0 Å². The molecule has 6 unspecified atom stereocenters. The molecule has 12 heteroatoms. The van der Waals surface area contributed by atoms with E-state index >= 15 is 0 Å². The monoisotopic (exact) mass is 1060 g/mol. The first-order valence-corrected chi connectivity index (χ1v) is 28.0. The zero-order valence-electron chi connectivity index (χ0n) is 46.0. The van der Waals surface area contributed by atoms with Crippen molar-refractivity contribution in [2.45, 2.75) is 114 Å². The molecule has 6 heterocycles. The molecule has 0 saturated carbocycles. The van der Waals surface area contributed by atoms with Gasteiger partial charge in [-0.25, -0.2) is 0 Å². The predicted octanol–water partition coefficient (Wildman–Crippen LogP) is 10.7. The van der Waals surface area contributed by atoms with Crippen LogP contribution in [0.5, 0.6) is 34.5 Å². The molecule has 6 saturated heterocycles. The smallest absolute Gasteiger partial charge is 0.122 e. The lowest BCUT2D eigenvalue weighted by atomic mass is 9.72. The summed E-state index contributed by atoms with van der Waals surface area (Å²) < 4.78 is 71.1. The van der Waals surface area contributed by atoms with Gasteiger partial charge in [0.1, 0.15) is 111 Å². The van der Waals surface area contributed by atoms with Crippen LogP contribution in [0.3, 0.4) is 0 Å². The van der Waals surface area contributed by atoms with Crippen LogP contribution in [-0.4, -0.2) is 116 Å². The third-order valence-electron chi connectivity index (χ3n) is 16.3. The second kappa shape index (κ2) is 22.2. The molecule has 0 aliphatic carbocycles. The summed E-state index contributed by atoms with van der Waals surface area (Å²) in [4.78, 5) is 0. The van der Waals surface area contributed by atoms with Crippen LogP contribution in [-0.2, 0) is 63.9 Å². The Morgan fingerprint density at radius 1 is 0.321 bits per heavy atom. The summed E-state index contributed by atoms with van der Waals surface area (Å²) in [5.41, 5.74) is 10.7. The van der Waals surface area contributed by atoms with Crippen LogP contribution < -0.4 is 28.4 Å². The molecular formula is C66H74O12. The SMILES string of the molecule is CC(C)(c1ccc(OCC2CO2)cc1)c1ccc(OCC2CO2)c(CCc2cc(C(C)(C)c3ccc(OCC4CO4)cc3Cc3cc(OCC4CO4)ccc3C(C)(C)c3ccc(OCC4CO4)cc3)ccc2OCC2CO2)c1. The molecular weight excluding hydrogens is 985 g/mol. The van der Waals surface area contributed by atoms with E-state index in [1.54, 1.807) is 0 Å². The molecule has 6 aliphatic rings. The van der Waals surface area contributed by atoms with Crippen LogP contribution in [0.1, 0.15) is 97.2 Å². The van der Waals surface area contributed by atoms with Crippen molar-refractivity contribution in [2.75, 3.05) is 79.3 Å². The summed E-state index contributed by atoms with van der Waals surface area (Å²) in [5.74, 6) is 5.08. The normalized spacial score (nSPS) is 21.8. The maximum absolute atomic E-state index is 6.60. The van der Waals surface area contributed by atoms with Crippen molar-refractivity contribution in [1.82, 2.24) is 0 Å². The van der Waals surface area contributed by atoms with Gasteiger partial charge < -0.3 is 56.8 Å². The predicted molar refractivity (Wildman–Crippen MR) is 297 cm³/mol. The van der Waals surface area contributed by atoms with E-state index in [-0.39, 0.29) is 47.5 Å². The number of hydrogen-bond acceptors (Lipinski definition) is 12. The van der Waals surface area contributed by atoms with E-state index in [1.807, 2.05) is 0 Å². The highest BCUT2D eigenvalue weighted by molar-refractivity contribution is 5.54. The van der Waals surface area contributed by atoms with Crippen molar-refractivity contribution in [2.24, 2.45) is 0 Å². The molecule has 6 aliphatic heterocycles. The first-order valence-electron chi connectivity index (χ1n) is 28.0. The van der Waals surface area contributed by atoms with Crippen molar-refractivity contribution in [1.29, 1.82) is 0 Å². The molecule has 0 radical (unpaired) electrons. The van der Waals surface area contributed by atoms with E-state index in [0.29, 0.717) is 46.1 Å². The van der Waals surface area contributed by atoms with Gasteiger partial charge in [-0.2, -0.15) is 0 Å². The maximum Gasteiger partial charge on any atom is 0.122 e. The van der Waals surface area contributed by atoms with Crippen molar-refractivity contribution >= 4 is 0 Å². The molecule has 12 rings (SSSR count). The molecule has 0 aromatic heterocycles. The quantitative estimate of drug-likeness (QED) is 0.0415. The molecule has 0 bridgehead atoms. The van der Waals surface area contributed by atoms with Gasteiger partial charge >= 0.3 is 0 Å². The van der Waals surface area contributed by atoms with E-state index in [4.69, 9.17) is 56.8 Å². The molecule has 410 valence electrons. The van der Waals surface area contributed by atoms with E-state index < -0.39 is 5.41 Å². The van der Waals surface area contributed by atoms with Crippen molar-refractivity contribution < 1.29 is 56.8 Å². The lowest BCUT2D eigenvalue weighted by molar-refractivity contribution is 0.259. The second-order valence-electron chi connectivity index (χ2n) is 23.5. The molecule has 78 heavy (non-hydrogen) atoms. The number of benzene rings is 6. The molecule has 0 spiro atoms. The third kappa shape index (κ3) is 13.1. The summed E-state index contributed by atoms with van der Waals surface area (Å²) >= 11 is 0. The van der Waals surface area contributed by atoms with E-state index in [9.17, 15) is 0 Å². The van der Waals surface area contributed by atoms with E-state index in [2.05, 4.69) is 163 Å². The van der Waals surface area contributed by atoms with Gasteiger partial charge in [0.05, 0.1) is 39.6 Å². The fourth-order valence-corrected chi connectivity index (χ4v) is 10.4. The Morgan fingerprint density at radius 2 is 0.615 bits per heavy atom. The highest BCUT2D eigenvalue weighted by atomic mass is 16.6. The van der Waals surface area contributed by atoms with Crippen molar-refractivity contribution in [3.63, 3.8) is 0 Å². The second-order valence-corrected chi connectivity index (χ2v) is 23.5. The Labute approximate surface area is 459 Å². The van der Waals surface area contributed by atoms with Crippen molar-refractivity contribution in [3.8, 4) is 34.5 Å². The van der Waals surface area contributed by atoms with Crippen LogP contribution in [0.25, 0.3) is 0 Å². The van der Waals surface area contributed by atoms with Gasteiger partial charge in [0.25, 0.3) is 0 Å². The summed E-state index contributed by atoms with van der Waals surface area (Å²) in [5, 5.41) is 0. The molecule has 12 nitrogen and oxygen atoms in total.